The summed E-state index contributed by atoms with van der Waals surface area (Å²) in [7, 11) is -3.55. The normalized spacial score (nSPS) is 21.8. The Bertz CT molecular complexity index is 1730. The molecule has 5 heterocycles. The molecule has 0 bridgehead atoms. The number of hydrogen-bond donors (Lipinski definition) is 0. The van der Waals surface area contributed by atoms with Crippen molar-refractivity contribution in [3.63, 3.8) is 0 Å². The zero-order valence-corrected chi connectivity index (χ0v) is 32.4. The van der Waals surface area contributed by atoms with Crippen molar-refractivity contribution in [3.8, 4) is 11.5 Å². The molecule has 13 nitrogen and oxygen atoms in total. The highest BCUT2D eigenvalue weighted by molar-refractivity contribution is 7.86. The van der Waals surface area contributed by atoms with E-state index >= 15 is 0 Å². The Morgan fingerprint density at radius 3 is 2.25 bits per heavy atom. The largest absolute Gasteiger partial charge is 0.451 e. The first kappa shape index (κ1) is 39.0. The molecule has 2 aromatic rings. The highest BCUT2D eigenvalue weighted by Crippen LogP contribution is 2.43. The number of halogens is 1. The average Bonchev–Trinajstić information content (AvgIpc) is 3.61. The molecule has 2 amide bonds. The second-order valence-electron chi connectivity index (χ2n) is 15.6. The van der Waals surface area contributed by atoms with Gasteiger partial charge in [-0.2, -0.15) is 17.0 Å². The fourth-order valence-corrected chi connectivity index (χ4v) is 10.2. The topological polar surface area (TPSA) is 123 Å². The molecule has 0 N–H and O–H groups in total. The number of amides is 2. The second kappa shape index (κ2) is 16.4. The maximum atomic E-state index is 14.4. The van der Waals surface area contributed by atoms with Gasteiger partial charge in [0.05, 0.1) is 11.8 Å². The number of nitrogens with zero attached hydrogens (tertiary/aromatic N) is 8. The van der Waals surface area contributed by atoms with E-state index < -0.39 is 16.0 Å². The van der Waals surface area contributed by atoms with Crippen LogP contribution in [0.3, 0.4) is 0 Å². The van der Waals surface area contributed by atoms with Gasteiger partial charge >= 0.3 is 0 Å². The van der Waals surface area contributed by atoms with E-state index in [9.17, 15) is 22.4 Å². The van der Waals surface area contributed by atoms with E-state index in [0.717, 1.165) is 64.8 Å². The van der Waals surface area contributed by atoms with Crippen molar-refractivity contribution in [3.05, 3.63) is 54.8 Å². The van der Waals surface area contributed by atoms with Crippen LogP contribution < -0.4 is 9.64 Å². The first-order chi connectivity index (χ1) is 25.3. The molecule has 290 valence electrons. The molecule has 0 unspecified atom stereocenters. The Hall–Kier alpha value is -3.66. The van der Waals surface area contributed by atoms with Gasteiger partial charge in [0.2, 0.25) is 5.91 Å². The molecule has 0 aliphatic carbocycles. The quantitative estimate of drug-likeness (QED) is 0.310. The van der Waals surface area contributed by atoms with Crippen molar-refractivity contribution in [2.45, 2.75) is 71.9 Å². The molecule has 4 aliphatic rings. The smallest absolute Gasteiger partial charge is 0.282 e. The van der Waals surface area contributed by atoms with Crippen molar-refractivity contribution >= 4 is 27.8 Å². The number of anilines is 1. The zero-order chi connectivity index (χ0) is 37.9. The summed E-state index contributed by atoms with van der Waals surface area (Å²) in [4.78, 5) is 42.4. The van der Waals surface area contributed by atoms with E-state index in [1.165, 1.54) is 34.9 Å². The summed E-state index contributed by atoms with van der Waals surface area (Å²) in [6.07, 6.45) is 9.25. The van der Waals surface area contributed by atoms with Crippen LogP contribution in [0, 0.1) is 17.2 Å². The van der Waals surface area contributed by atoms with Crippen molar-refractivity contribution < 1.29 is 27.1 Å². The number of likely N-dealkylation sites (tertiary alicyclic amines) is 1. The van der Waals surface area contributed by atoms with Gasteiger partial charge in [-0.3, -0.25) is 9.59 Å². The fourth-order valence-electron chi connectivity index (χ4n) is 8.57. The van der Waals surface area contributed by atoms with E-state index in [1.807, 2.05) is 27.7 Å². The molecule has 6 rings (SSSR count). The number of rotatable bonds is 11. The number of piperidine rings is 2. The van der Waals surface area contributed by atoms with Crippen LogP contribution in [0.4, 0.5) is 10.2 Å². The Balaban J connectivity index is 1.01. The molecule has 4 aliphatic heterocycles. The van der Waals surface area contributed by atoms with Gasteiger partial charge in [-0.15, -0.1) is 0 Å². The lowest BCUT2D eigenvalue weighted by Crippen LogP contribution is -2.56. The van der Waals surface area contributed by atoms with Gasteiger partial charge in [-0.05, 0) is 108 Å². The van der Waals surface area contributed by atoms with Gasteiger partial charge in [-0.1, -0.05) is 6.58 Å². The van der Waals surface area contributed by atoms with Crippen LogP contribution in [0.15, 0.2) is 43.4 Å². The van der Waals surface area contributed by atoms with Gasteiger partial charge in [-0.25, -0.2) is 14.4 Å². The van der Waals surface area contributed by atoms with Crippen LogP contribution in [0.5, 0.6) is 11.5 Å². The summed E-state index contributed by atoms with van der Waals surface area (Å²) in [6.45, 7) is 18.4. The van der Waals surface area contributed by atoms with E-state index in [4.69, 9.17) is 4.74 Å². The summed E-state index contributed by atoms with van der Waals surface area (Å²) in [5.41, 5.74) is 0.336. The lowest BCUT2D eigenvalue weighted by atomic mass is 9.71. The van der Waals surface area contributed by atoms with Gasteiger partial charge < -0.3 is 24.3 Å². The number of carbonyl (C=O) groups excluding carboxylic acids is 2. The van der Waals surface area contributed by atoms with Gasteiger partial charge in [0.25, 0.3) is 16.1 Å². The highest BCUT2D eigenvalue weighted by Gasteiger charge is 2.43. The summed E-state index contributed by atoms with van der Waals surface area (Å²) in [5, 5.41) is 0. The Labute approximate surface area is 313 Å². The predicted octanol–water partition coefficient (Wildman–Crippen LogP) is 4.25. The molecule has 1 aromatic heterocycles. The molecule has 1 spiro atoms. The SMILES string of the molecule is C=CC(=O)N1CCN(S(=O)(=O)N2CCC3(CCN(C[C@@H]4CCN(c5ncncc5Oc5ccc(F)cc5C(=O)N(C(C)C)C(C)C)C4)CC3)CC2)CC1. The monoisotopic (exact) mass is 754 g/mol. The van der Waals surface area contributed by atoms with E-state index in [2.05, 4.69) is 26.3 Å². The summed E-state index contributed by atoms with van der Waals surface area (Å²) in [6, 6.07) is 3.87. The minimum absolute atomic E-state index is 0.0757. The molecular formula is C38H55FN8O5S. The van der Waals surface area contributed by atoms with Crippen LogP contribution in [0.25, 0.3) is 0 Å². The van der Waals surface area contributed by atoms with Crippen LogP contribution in [0.1, 0.15) is 70.2 Å². The minimum atomic E-state index is -3.55. The van der Waals surface area contributed by atoms with Crippen molar-refractivity contribution in [1.82, 2.24) is 33.3 Å². The Kier molecular flexibility index (Phi) is 12.1. The average molecular weight is 755 g/mol. The van der Waals surface area contributed by atoms with Crippen LogP contribution >= 0.6 is 0 Å². The molecule has 1 atom stereocenters. The first-order valence-electron chi connectivity index (χ1n) is 19.0. The zero-order valence-electron chi connectivity index (χ0n) is 31.6. The number of piperazine rings is 1. The van der Waals surface area contributed by atoms with Crippen LogP contribution in [0.2, 0.25) is 0 Å². The van der Waals surface area contributed by atoms with Crippen LogP contribution in [-0.2, 0) is 15.0 Å². The first-order valence-corrected chi connectivity index (χ1v) is 20.4. The lowest BCUT2D eigenvalue weighted by Gasteiger charge is -2.47. The number of hydrogen-bond acceptors (Lipinski definition) is 9. The number of aromatic nitrogens is 2. The standard InChI is InChI=1S/C38H55FN8O5S/c1-6-35(48)43-19-21-46(22-20-43)53(50,51)45-17-12-38(13-18-45)10-15-42(16-11-38)25-30-9-14-44(26-30)36-34(24-40-27-41-36)52-33-8-7-31(39)23-32(33)37(49)47(28(2)3)29(4)5/h6-8,23-24,27-30H,1,9-22,25-26H2,2-5H3/t30-/m0/s1. The molecule has 1 aromatic carbocycles. The molecular weight excluding hydrogens is 700 g/mol. The van der Waals surface area contributed by atoms with Gasteiger partial charge in [0.1, 0.15) is 17.9 Å². The van der Waals surface area contributed by atoms with Crippen molar-refractivity contribution in [2.24, 2.45) is 11.3 Å². The second-order valence-corrected chi connectivity index (χ2v) is 17.5. The third kappa shape index (κ3) is 8.68. The summed E-state index contributed by atoms with van der Waals surface area (Å²) < 4.78 is 50.8. The molecule has 4 saturated heterocycles. The molecule has 0 radical (unpaired) electrons. The third-order valence-electron chi connectivity index (χ3n) is 11.6. The maximum Gasteiger partial charge on any atom is 0.282 e. The van der Waals surface area contributed by atoms with Crippen LogP contribution in [-0.4, -0.2) is 138 Å². The van der Waals surface area contributed by atoms with Gasteiger partial charge in [0, 0.05) is 71.0 Å². The molecule has 4 fully saturated rings. The molecule has 0 saturated carbocycles. The molecule has 53 heavy (non-hydrogen) atoms. The predicted molar refractivity (Wildman–Crippen MR) is 201 cm³/mol. The van der Waals surface area contributed by atoms with Crippen molar-refractivity contribution in [1.29, 1.82) is 0 Å². The van der Waals surface area contributed by atoms with E-state index in [1.54, 1.807) is 20.3 Å². The lowest BCUT2D eigenvalue weighted by molar-refractivity contribution is -0.127. The summed E-state index contributed by atoms with van der Waals surface area (Å²) >= 11 is 0. The molecule has 15 heteroatoms. The highest BCUT2D eigenvalue weighted by atomic mass is 32.2. The number of ether oxygens (including phenoxy) is 1. The Morgan fingerprint density at radius 1 is 0.962 bits per heavy atom. The van der Waals surface area contributed by atoms with Gasteiger partial charge in [0.15, 0.2) is 11.6 Å². The number of carbonyl (C=O) groups is 2. The van der Waals surface area contributed by atoms with E-state index in [0.29, 0.717) is 56.8 Å². The number of benzene rings is 1. The van der Waals surface area contributed by atoms with E-state index in [-0.39, 0.29) is 40.6 Å². The third-order valence-corrected chi connectivity index (χ3v) is 13.6. The fraction of sp³-hybridized carbons (Fsp3) is 0.632. The summed E-state index contributed by atoms with van der Waals surface area (Å²) in [5.74, 6) is 0.822. The van der Waals surface area contributed by atoms with Crippen molar-refractivity contribution in [2.75, 3.05) is 76.9 Å². The Morgan fingerprint density at radius 2 is 1.60 bits per heavy atom. The maximum absolute atomic E-state index is 14.4. The minimum Gasteiger partial charge on any atom is -0.451 e.